The third kappa shape index (κ3) is 1.70. The zero-order valence-electron chi connectivity index (χ0n) is 9.29. The Bertz CT molecular complexity index is 301. The van der Waals surface area contributed by atoms with Gasteiger partial charge in [0.2, 0.25) is 0 Å². The maximum absolute atomic E-state index is 2.40. The van der Waals surface area contributed by atoms with E-state index in [0.717, 1.165) is 11.8 Å². The number of benzene rings is 1. The van der Waals surface area contributed by atoms with Crippen molar-refractivity contribution < 1.29 is 0 Å². The highest BCUT2D eigenvalue weighted by Crippen LogP contribution is 2.40. The van der Waals surface area contributed by atoms with Crippen LogP contribution in [0.4, 0.5) is 0 Å². The Morgan fingerprint density at radius 2 is 2.07 bits per heavy atom. The van der Waals surface area contributed by atoms with Gasteiger partial charge in [-0.15, -0.1) is 0 Å². The van der Waals surface area contributed by atoms with Crippen molar-refractivity contribution in [2.45, 2.75) is 45.4 Å². The minimum Gasteiger partial charge on any atom is -0.0654 e. The molecular formula is C14H20. The number of hydrogen-bond donors (Lipinski definition) is 0. The van der Waals surface area contributed by atoms with Crippen molar-refractivity contribution >= 4 is 0 Å². The van der Waals surface area contributed by atoms with E-state index in [1.807, 2.05) is 0 Å². The predicted molar refractivity (Wildman–Crippen MR) is 61.6 cm³/mol. The van der Waals surface area contributed by atoms with E-state index in [2.05, 4.69) is 38.1 Å². The van der Waals surface area contributed by atoms with E-state index in [0.29, 0.717) is 0 Å². The number of rotatable bonds is 3. The standard InChI is InChI=1S/C14H20/c1-3-4-8-13-11(2)10-12-7-5-6-9-14(12)13/h5-7,9,11,13H,3-4,8,10H2,1-2H3/t11-,13-/m0/s1. The molecule has 76 valence electrons. The molecule has 1 aromatic rings. The van der Waals surface area contributed by atoms with Gasteiger partial charge >= 0.3 is 0 Å². The first kappa shape index (κ1) is 9.76. The second kappa shape index (κ2) is 4.16. The first-order valence-electron chi connectivity index (χ1n) is 5.90. The minimum absolute atomic E-state index is 0.839. The number of unbranched alkanes of at least 4 members (excludes halogenated alkanes) is 1. The molecular weight excluding hydrogens is 168 g/mol. The molecule has 2 atom stereocenters. The van der Waals surface area contributed by atoms with E-state index in [-0.39, 0.29) is 0 Å². The zero-order chi connectivity index (χ0) is 9.97. The molecule has 0 radical (unpaired) electrons. The summed E-state index contributed by atoms with van der Waals surface area (Å²) < 4.78 is 0. The van der Waals surface area contributed by atoms with Gasteiger partial charge < -0.3 is 0 Å². The molecule has 1 aromatic carbocycles. The Morgan fingerprint density at radius 1 is 1.29 bits per heavy atom. The topological polar surface area (TPSA) is 0 Å². The summed E-state index contributed by atoms with van der Waals surface area (Å²) in [5.41, 5.74) is 3.23. The monoisotopic (exact) mass is 188 g/mol. The Hall–Kier alpha value is -0.780. The average molecular weight is 188 g/mol. The first-order chi connectivity index (χ1) is 6.83. The molecule has 1 aliphatic carbocycles. The summed E-state index contributed by atoms with van der Waals surface area (Å²) in [5.74, 6) is 1.70. The van der Waals surface area contributed by atoms with Crippen LogP contribution in [0.2, 0.25) is 0 Å². The van der Waals surface area contributed by atoms with Gasteiger partial charge in [0.05, 0.1) is 0 Å². The molecule has 0 fully saturated rings. The molecule has 0 amide bonds. The van der Waals surface area contributed by atoms with Gasteiger partial charge in [0.25, 0.3) is 0 Å². The lowest BCUT2D eigenvalue weighted by atomic mass is 9.89. The smallest absolute Gasteiger partial charge is 0.0130 e. The summed E-state index contributed by atoms with van der Waals surface area (Å²) in [6.07, 6.45) is 5.38. The lowest BCUT2D eigenvalue weighted by Crippen LogP contribution is -2.03. The van der Waals surface area contributed by atoms with Gasteiger partial charge in [0.1, 0.15) is 0 Å². The van der Waals surface area contributed by atoms with E-state index in [4.69, 9.17) is 0 Å². The van der Waals surface area contributed by atoms with Crippen LogP contribution in [0.1, 0.15) is 50.2 Å². The molecule has 0 unspecified atom stereocenters. The van der Waals surface area contributed by atoms with Crippen LogP contribution in [0, 0.1) is 5.92 Å². The molecule has 1 aliphatic rings. The molecule has 0 saturated carbocycles. The van der Waals surface area contributed by atoms with E-state index >= 15 is 0 Å². The summed E-state index contributed by atoms with van der Waals surface area (Å²) >= 11 is 0. The van der Waals surface area contributed by atoms with Crippen LogP contribution in [-0.2, 0) is 6.42 Å². The van der Waals surface area contributed by atoms with Crippen molar-refractivity contribution in [1.29, 1.82) is 0 Å². The van der Waals surface area contributed by atoms with Gasteiger partial charge in [-0.25, -0.2) is 0 Å². The van der Waals surface area contributed by atoms with Crippen LogP contribution in [0.25, 0.3) is 0 Å². The quantitative estimate of drug-likeness (QED) is 0.668. The number of hydrogen-bond acceptors (Lipinski definition) is 0. The Labute approximate surface area is 87.3 Å². The second-order valence-electron chi connectivity index (χ2n) is 4.63. The largest absolute Gasteiger partial charge is 0.0654 e. The summed E-state index contributed by atoms with van der Waals surface area (Å²) in [7, 11) is 0. The van der Waals surface area contributed by atoms with Crippen LogP contribution >= 0.6 is 0 Å². The molecule has 0 bridgehead atoms. The zero-order valence-corrected chi connectivity index (χ0v) is 9.29. The van der Waals surface area contributed by atoms with E-state index < -0.39 is 0 Å². The van der Waals surface area contributed by atoms with Crippen molar-refractivity contribution in [2.24, 2.45) is 5.92 Å². The van der Waals surface area contributed by atoms with Crippen molar-refractivity contribution in [1.82, 2.24) is 0 Å². The SMILES string of the molecule is CCCC[C@@H]1c2ccccc2C[C@@H]1C. The average Bonchev–Trinajstić information content (AvgIpc) is 2.51. The third-order valence-corrected chi connectivity index (χ3v) is 3.55. The molecule has 0 heteroatoms. The molecule has 14 heavy (non-hydrogen) atoms. The van der Waals surface area contributed by atoms with Gasteiger partial charge in [-0.3, -0.25) is 0 Å². The van der Waals surface area contributed by atoms with Crippen molar-refractivity contribution in [3.8, 4) is 0 Å². The van der Waals surface area contributed by atoms with Crippen molar-refractivity contribution in [2.75, 3.05) is 0 Å². The first-order valence-corrected chi connectivity index (χ1v) is 5.90. The maximum atomic E-state index is 2.40. The molecule has 0 nitrogen and oxygen atoms in total. The van der Waals surface area contributed by atoms with Crippen LogP contribution in [0.3, 0.4) is 0 Å². The third-order valence-electron chi connectivity index (χ3n) is 3.55. The molecule has 2 rings (SSSR count). The Balaban J connectivity index is 2.17. The maximum Gasteiger partial charge on any atom is -0.0130 e. The highest BCUT2D eigenvalue weighted by molar-refractivity contribution is 5.35. The minimum atomic E-state index is 0.839. The molecule has 0 aliphatic heterocycles. The van der Waals surface area contributed by atoms with E-state index in [1.165, 1.54) is 25.7 Å². The fourth-order valence-corrected chi connectivity index (χ4v) is 2.74. The normalized spacial score (nSPS) is 25.0. The lowest BCUT2D eigenvalue weighted by molar-refractivity contribution is 0.456. The summed E-state index contributed by atoms with van der Waals surface area (Å²) in [5, 5.41) is 0. The van der Waals surface area contributed by atoms with Gasteiger partial charge in [-0.05, 0) is 35.8 Å². The fraction of sp³-hybridized carbons (Fsp3) is 0.571. The molecule has 0 aromatic heterocycles. The highest BCUT2D eigenvalue weighted by Gasteiger charge is 2.27. The van der Waals surface area contributed by atoms with E-state index in [1.54, 1.807) is 11.1 Å². The Kier molecular flexibility index (Phi) is 2.90. The van der Waals surface area contributed by atoms with Gasteiger partial charge in [0, 0.05) is 0 Å². The van der Waals surface area contributed by atoms with Gasteiger partial charge in [-0.1, -0.05) is 51.0 Å². The summed E-state index contributed by atoms with van der Waals surface area (Å²) in [6, 6.07) is 9.00. The lowest BCUT2D eigenvalue weighted by Gasteiger charge is -2.15. The summed E-state index contributed by atoms with van der Waals surface area (Å²) in [4.78, 5) is 0. The van der Waals surface area contributed by atoms with Crippen LogP contribution in [-0.4, -0.2) is 0 Å². The molecule has 0 spiro atoms. The number of fused-ring (bicyclic) bond motifs is 1. The van der Waals surface area contributed by atoms with Crippen molar-refractivity contribution in [3.63, 3.8) is 0 Å². The molecule has 0 saturated heterocycles. The predicted octanol–water partition coefficient (Wildman–Crippen LogP) is 4.15. The highest BCUT2D eigenvalue weighted by atomic mass is 14.3. The van der Waals surface area contributed by atoms with Gasteiger partial charge in [0.15, 0.2) is 0 Å². The van der Waals surface area contributed by atoms with E-state index in [9.17, 15) is 0 Å². The van der Waals surface area contributed by atoms with Crippen LogP contribution in [0.5, 0.6) is 0 Å². The molecule has 0 heterocycles. The molecule has 0 N–H and O–H groups in total. The van der Waals surface area contributed by atoms with Gasteiger partial charge in [-0.2, -0.15) is 0 Å². The van der Waals surface area contributed by atoms with Crippen LogP contribution < -0.4 is 0 Å². The Morgan fingerprint density at radius 3 is 2.86 bits per heavy atom. The van der Waals surface area contributed by atoms with Crippen molar-refractivity contribution in [3.05, 3.63) is 35.4 Å². The fourth-order valence-electron chi connectivity index (χ4n) is 2.74. The second-order valence-corrected chi connectivity index (χ2v) is 4.63. The van der Waals surface area contributed by atoms with Crippen LogP contribution in [0.15, 0.2) is 24.3 Å². The summed E-state index contributed by atoms with van der Waals surface area (Å²) in [6.45, 7) is 4.69.